The van der Waals surface area contributed by atoms with Crippen molar-refractivity contribution in [3.05, 3.63) is 0 Å². The minimum atomic E-state index is 0.117. The van der Waals surface area contributed by atoms with E-state index in [0.29, 0.717) is 95.5 Å². The van der Waals surface area contributed by atoms with Gasteiger partial charge in [-0.05, 0) is 95.7 Å². The van der Waals surface area contributed by atoms with E-state index in [-0.39, 0.29) is 21.7 Å². The van der Waals surface area contributed by atoms with Gasteiger partial charge in [-0.15, -0.1) is 0 Å². The van der Waals surface area contributed by atoms with Crippen molar-refractivity contribution >= 4 is 0 Å². The summed E-state index contributed by atoms with van der Waals surface area (Å²) in [5, 5.41) is 0. The van der Waals surface area contributed by atoms with Crippen LogP contribution < -0.4 is 0 Å². The second-order valence-electron chi connectivity index (χ2n) is 18.6. The van der Waals surface area contributed by atoms with Crippen LogP contribution in [-0.4, -0.2) is 60.0 Å². The summed E-state index contributed by atoms with van der Waals surface area (Å²) >= 11 is 0. The van der Waals surface area contributed by atoms with Gasteiger partial charge in [0.05, 0.1) is 39.6 Å². The van der Waals surface area contributed by atoms with Crippen LogP contribution in [0.1, 0.15) is 122 Å². The lowest BCUT2D eigenvalue weighted by Gasteiger charge is -2.37. The van der Waals surface area contributed by atoms with Gasteiger partial charge in [-0.25, -0.2) is 0 Å². The lowest BCUT2D eigenvalue weighted by molar-refractivity contribution is -0.118. The van der Waals surface area contributed by atoms with Crippen molar-refractivity contribution in [2.24, 2.45) is 57.2 Å². The molecule has 6 atom stereocenters. The molecule has 0 spiro atoms. The summed E-state index contributed by atoms with van der Waals surface area (Å²) in [5.74, 6) is 2.45. The molecule has 2 aliphatic rings. The molecule has 6 unspecified atom stereocenters. The smallest absolute Gasteiger partial charge is 0.146 e. The Kier molecular flexibility index (Phi) is 16.0. The van der Waals surface area contributed by atoms with E-state index in [0.717, 1.165) is 38.5 Å². The predicted molar refractivity (Wildman–Crippen MR) is 177 cm³/mol. The van der Waals surface area contributed by atoms with Gasteiger partial charge in [0.15, 0.2) is 0 Å². The Morgan fingerprint density at radius 1 is 0.395 bits per heavy atom. The molecule has 0 amide bonds. The summed E-state index contributed by atoms with van der Waals surface area (Å²) in [5.41, 5.74) is 0.677. The molecule has 0 aromatic heterocycles. The quantitative estimate of drug-likeness (QED) is 0.310. The number of hydrogen-bond donors (Lipinski definition) is 0. The van der Waals surface area contributed by atoms with Crippen molar-refractivity contribution in [3.8, 4) is 0 Å². The molecule has 0 saturated carbocycles. The molecule has 2 bridgehead atoms. The van der Waals surface area contributed by atoms with Gasteiger partial charge in [0, 0.05) is 0 Å². The van der Waals surface area contributed by atoms with E-state index in [1.54, 1.807) is 0 Å². The van der Waals surface area contributed by atoms with Crippen LogP contribution in [0.15, 0.2) is 0 Å². The first-order chi connectivity index (χ1) is 19.8. The topological polar surface area (TPSA) is 55.4 Å². The van der Waals surface area contributed by atoms with Gasteiger partial charge < -0.3 is 28.4 Å². The van der Waals surface area contributed by atoms with Crippen molar-refractivity contribution < 1.29 is 28.4 Å². The zero-order valence-corrected chi connectivity index (χ0v) is 30.5. The zero-order chi connectivity index (χ0) is 32.3. The van der Waals surface area contributed by atoms with Crippen molar-refractivity contribution in [1.29, 1.82) is 0 Å². The molecular formula is C37H72O6. The van der Waals surface area contributed by atoms with Crippen molar-refractivity contribution in [2.45, 2.75) is 122 Å². The summed E-state index contributed by atoms with van der Waals surface area (Å²) < 4.78 is 37.7. The fourth-order valence-corrected chi connectivity index (χ4v) is 7.12. The highest BCUT2D eigenvalue weighted by Crippen LogP contribution is 2.38. The Bertz CT molecular complexity index is 680. The minimum Gasteiger partial charge on any atom is -0.355 e. The molecule has 2 fully saturated rings. The highest BCUT2D eigenvalue weighted by atomic mass is 16.7. The molecule has 6 nitrogen and oxygen atoms in total. The first-order valence-electron chi connectivity index (χ1n) is 17.3. The average Bonchev–Trinajstić information content (AvgIpc) is 2.81. The number of rotatable bonds is 2. The van der Waals surface area contributed by atoms with Crippen LogP contribution in [0.5, 0.6) is 0 Å². The molecule has 2 rings (SSSR count). The van der Waals surface area contributed by atoms with Crippen LogP contribution in [0.25, 0.3) is 0 Å². The maximum absolute atomic E-state index is 6.33. The Balaban J connectivity index is 2.39. The van der Waals surface area contributed by atoms with Gasteiger partial charge in [0.1, 0.15) is 20.4 Å². The molecule has 0 aromatic carbocycles. The van der Waals surface area contributed by atoms with E-state index < -0.39 is 0 Å². The normalized spacial score (nSPS) is 31.5. The summed E-state index contributed by atoms with van der Waals surface area (Å²) in [6.45, 7) is 33.2. The van der Waals surface area contributed by atoms with Crippen LogP contribution in [0, 0.1) is 57.2 Å². The average molecular weight is 613 g/mol. The molecule has 6 heteroatoms. The highest BCUT2D eigenvalue weighted by molar-refractivity contribution is 4.82. The van der Waals surface area contributed by atoms with Crippen LogP contribution in [0.2, 0.25) is 0 Å². The first kappa shape index (κ1) is 38.9. The number of ether oxygens (including phenoxy) is 6. The van der Waals surface area contributed by atoms with Crippen LogP contribution in [-0.2, 0) is 28.4 Å². The molecule has 0 N–H and O–H groups in total. The Hall–Kier alpha value is -0.240. The molecule has 0 radical (unpaired) electrons. The fraction of sp³-hybridized carbons (Fsp3) is 1.00. The first-order valence-corrected chi connectivity index (χ1v) is 17.3. The van der Waals surface area contributed by atoms with Gasteiger partial charge in [-0.2, -0.15) is 0 Å². The molecule has 0 aromatic rings. The molecule has 43 heavy (non-hydrogen) atoms. The summed E-state index contributed by atoms with van der Waals surface area (Å²) in [6.07, 6.45) is 6.41. The zero-order valence-electron chi connectivity index (χ0n) is 30.5. The van der Waals surface area contributed by atoms with E-state index in [1.807, 2.05) is 0 Å². The summed E-state index contributed by atoms with van der Waals surface area (Å²) in [4.78, 5) is 0. The standard InChI is InChI=1S/C37H72O6/c1-34(2,3)17-30-13-28-15-32(36(7,8)9)23-42-27-43-24-33(37(10,11)12)16-29(20-39-25-38-19-28)14-31(18-35(4,5)6)22-41-26-40-21-30/h28-33H,13-27H2,1-12H3. The van der Waals surface area contributed by atoms with Gasteiger partial charge in [0.2, 0.25) is 0 Å². The van der Waals surface area contributed by atoms with E-state index in [9.17, 15) is 0 Å². The van der Waals surface area contributed by atoms with Crippen molar-refractivity contribution in [3.63, 3.8) is 0 Å². The summed E-state index contributed by atoms with van der Waals surface area (Å²) in [7, 11) is 0. The molecule has 2 saturated heterocycles. The Morgan fingerprint density at radius 3 is 1.00 bits per heavy atom. The van der Waals surface area contributed by atoms with Crippen LogP contribution in [0.4, 0.5) is 0 Å². The predicted octanol–water partition coefficient (Wildman–Crippen LogP) is 9.21. The SMILES string of the molecule is CC(C)(C)CC1COCOCC(CC(C)(C)C)CC2COCOCC(C1)CC(C(C)(C)C)COCOCC(C(C)(C)C)C2. The summed E-state index contributed by atoms with van der Waals surface area (Å²) in [6, 6.07) is 0. The maximum Gasteiger partial charge on any atom is 0.146 e. The van der Waals surface area contributed by atoms with Gasteiger partial charge in [-0.1, -0.05) is 83.1 Å². The third-order valence-corrected chi connectivity index (χ3v) is 9.37. The van der Waals surface area contributed by atoms with E-state index in [2.05, 4.69) is 83.1 Å². The van der Waals surface area contributed by atoms with E-state index >= 15 is 0 Å². The molecule has 2 heterocycles. The maximum atomic E-state index is 6.33. The lowest BCUT2D eigenvalue weighted by Crippen LogP contribution is -2.33. The van der Waals surface area contributed by atoms with Crippen molar-refractivity contribution in [2.75, 3.05) is 60.0 Å². The molecule has 256 valence electrons. The molecule has 0 aliphatic carbocycles. The fourth-order valence-electron chi connectivity index (χ4n) is 7.12. The third-order valence-electron chi connectivity index (χ3n) is 9.37. The largest absolute Gasteiger partial charge is 0.355 e. The molecule has 2 aliphatic heterocycles. The number of hydrogen-bond acceptors (Lipinski definition) is 6. The molecular weight excluding hydrogens is 540 g/mol. The second-order valence-corrected chi connectivity index (χ2v) is 18.6. The van der Waals surface area contributed by atoms with Gasteiger partial charge in [-0.3, -0.25) is 0 Å². The van der Waals surface area contributed by atoms with Gasteiger partial charge in [0.25, 0.3) is 0 Å². The van der Waals surface area contributed by atoms with E-state index in [4.69, 9.17) is 28.4 Å². The third kappa shape index (κ3) is 17.3. The van der Waals surface area contributed by atoms with Crippen molar-refractivity contribution in [1.82, 2.24) is 0 Å². The van der Waals surface area contributed by atoms with E-state index in [1.165, 1.54) is 0 Å². The lowest BCUT2D eigenvalue weighted by atomic mass is 9.73. The Morgan fingerprint density at radius 2 is 0.698 bits per heavy atom. The second kappa shape index (κ2) is 17.6. The van der Waals surface area contributed by atoms with Gasteiger partial charge >= 0.3 is 0 Å². The van der Waals surface area contributed by atoms with Crippen LogP contribution in [0.3, 0.4) is 0 Å². The minimum absolute atomic E-state index is 0.117. The van der Waals surface area contributed by atoms with Crippen LogP contribution >= 0.6 is 0 Å². The Labute approximate surface area is 267 Å². The number of fused-ring (bicyclic) bond motifs is 6. The monoisotopic (exact) mass is 613 g/mol. The highest BCUT2D eigenvalue weighted by Gasteiger charge is 2.33.